The number of ketones is 1. The van der Waals surface area contributed by atoms with Crippen molar-refractivity contribution in [3.05, 3.63) is 88.8 Å². The van der Waals surface area contributed by atoms with Crippen LogP contribution in [0.1, 0.15) is 28.3 Å². The van der Waals surface area contributed by atoms with E-state index in [-0.39, 0.29) is 11.3 Å². The summed E-state index contributed by atoms with van der Waals surface area (Å²) in [6, 6.07) is 13.7. The smallest absolute Gasteiger partial charge is 0.300 e. The number of aromatic nitrogens is 1. The Morgan fingerprint density at radius 2 is 1.76 bits per heavy atom. The monoisotopic (exact) mass is 457 g/mol. The fourth-order valence-corrected chi connectivity index (χ4v) is 4.27. The highest BCUT2D eigenvalue weighted by molar-refractivity contribution is 6.51. The van der Waals surface area contributed by atoms with E-state index in [4.69, 9.17) is 4.74 Å². The number of carbonyl (C=O) groups excluding carboxylic acids is 2. The predicted molar refractivity (Wildman–Crippen MR) is 132 cm³/mol. The highest BCUT2D eigenvalue weighted by Gasteiger charge is 2.47. The zero-order valence-corrected chi connectivity index (χ0v) is 19.9. The zero-order chi connectivity index (χ0) is 24.6. The number of hydrogen-bond acceptors (Lipinski definition) is 6. The number of aryl methyl sites for hydroxylation is 2. The molecule has 7 heteroatoms. The molecule has 0 bridgehead atoms. The topological polar surface area (TPSA) is 83.0 Å². The third kappa shape index (κ3) is 3.90. The van der Waals surface area contributed by atoms with Crippen LogP contribution >= 0.6 is 0 Å². The minimum absolute atomic E-state index is 0.0300. The second-order valence-corrected chi connectivity index (χ2v) is 8.50. The van der Waals surface area contributed by atoms with E-state index in [9.17, 15) is 14.7 Å². The SMILES string of the molecule is COc1cc(C)c(/C(O)=C2\C(=O)C(=O)N(c3ccc(N(C)C)cc3)C2c2cccnc2)cc1C. The van der Waals surface area contributed by atoms with Crippen LogP contribution in [0.15, 0.2) is 66.5 Å². The van der Waals surface area contributed by atoms with Gasteiger partial charge in [-0.1, -0.05) is 6.07 Å². The summed E-state index contributed by atoms with van der Waals surface area (Å²) in [5.41, 5.74) is 4.19. The molecule has 1 amide bonds. The number of amides is 1. The first kappa shape index (κ1) is 23.0. The standard InChI is InChI=1S/C27H27N3O4/c1-16-14-22(34-5)17(2)13-21(16)25(31)23-24(18-7-6-12-28-15-18)30(27(33)26(23)32)20-10-8-19(9-11-20)29(3)4/h6-15,24,31H,1-5H3/b25-23+. The first-order valence-electron chi connectivity index (χ1n) is 10.9. The lowest BCUT2D eigenvalue weighted by Crippen LogP contribution is -2.29. The van der Waals surface area contributed by atoms with Gasteiger partial charge in [0, 0.05) is 43.4 Å². The molecule has 1 unspecified atom stereocenters. The van der Waals surface area contributed by atoms with E-state index in [1.54, 1.807) is 55.9 Å². The largest absolute Gasteiger partial charge is 0.507 e. The van der Waals surface area contributed by atoms with Crippen LogP contribution in [-0.4, -0.2) is 43.0 Å². The molecule has 174 valence electrons. The molecule has 0 spiro atoms. The lowest BCUT2D eigenvalue weighted by atomic mass is 9.93. The molecule has 34 heavy (non-hydrogen) atoms. The van der Waals surface area contributed by atoms with Crippen molar-refractivity contribution in [2.24, 2.45) is 0 Å². The van der Waals surface area contributed by atoms with E-state index in [0.29, 0.717) is 22.6 Å². The molecule has 4 rings (SSSR count). The minimum atomic E-state index is -0.819. The van der Waals surface area contributed by atoms with Crippen LogP contribution < -0.4 is 14.5 Å². The van der Waals surface area contributed by atoms with Crippen LogP contribution in [0.2, 0.25) is 0 Å². The number of pyridine rings is 1. The van der Waals surface area contributed by atoms with Crippen molar-refractivity contribution in [2.45, 2.75) is 19.9 Å². The normalized spacial score (nSPS) is 17.2. The van der Waals surface area contributed by atoms with Gasteiger partial charge in [0.1, 0.15) is 11.5 Å². The summed E-state index contributed by atoms with van der Waals surface area (Å²) >= 11 is 0. The van der Waals surface area contributed by atoms with Crippen molar-refractivity contribution < 1.29 is 19.4 Å². The first-order chi connectivity index (χ1) is 16.2. The van der Waals surface area contributed by atoms with Gasteiger partial charge in [0.25, 0.3) is 11.7 Å². The molecule has 0 aliphatic carbocycles. The second kappa shape index (κ2) is 9.02. The third-order valence-corrected chi connectivity index (χ3v) is 6.09. The number of anilines is 2. The lowest BCUT2D eigenvalue weighted by molar-refractivity contribution is -0.132. The summed E-state index contributed by atoms with van der Waals surface area (Å²) in [6.07, 6.45) is 3.23. The molecule has 1 saturated heterocycles. The van der Waals surface area contributed by atoms with Gasteiger partial charge in [-0.15, -0.1) is 0 Å². The average molecular weight is 458 g/mol. The number of benzene rings is 2. The Balaban J connectivity index is 1.92. The molecule has 2 heterocycles. The van der Waals surface area contributed by atoms with Crippen LogP contribution in [0.4, 0.5) is 11.4 Å². The molecular weight excluding hydrogens is 430 g/mol. The Morgan fingerprint density at radius 3 is 2.35 bits per heavy atom. The highest BCUT2D eigenvalue weighted by Crippen LogP contribution is 2.43. The third-order valence-electron chi connectivity index (χ3n) is 6.09. The summed E-state index contributed by atoms with van der Waals surface area (Å²) in [5, 5.41) is 11.4. The van der Waals surface area contributed by atoms with Crippen molar-refractivity contribution in [1.29, 1.82) is 0 Å². The van der Waals surface area contributed by atoms with Crippen molar-refractivity contribution in [1.82, 2.24) is 4.98 Å². The van der Waals surface area contributed by atoms with Crippen molar-refractivity contribution in [3.8, 4) is 5.75 Å². The van der Waals surface area contributed by atoms with Gasteiger partial charge in [0.2, 0.25) is 0 Å². The van der Waals surface area contributed by atoms with Crippen LogP contribution in [0.3, 0.4) is 0 Å². The van der Waals surface area contributed by atoms with Crippen LogP contribution in [0.25, 0.3) is 5.76 Å². The summed E-state index contributed by atoms with van der Waals surface area (Å²) in [6.45, 7) is 3.69. The van der Waals surface area contributed by atoms with Gasteiger partial charge >= 0.3 is 0 Å². The fourth-order valence-electron chi connectivity index (χ4n) is 4.27. The summed E-state index contributed by atoms with van der Waals surface area (Å²) in [4.78, 5) is 34.2. The van der Waals surface area contributed by atoms with Gasteiger partial charge in [-0.2, -0.15) is 0 Å². The quantitative estimate of drug-likeness (QED) is 0.347. The number of Topliss-reactive ketones (excluding diaryl/α,β-unsaturated/α-hetero) is 1. The first-order valence-corrected chi connectivity index (χ1v) is 10.9. The molecule has 2 aromatic carbocycles. The summed E-state index contributed by atoms with van der Waals surface area (Å²) in [7, 11) is 5.43. The van der Waals surface area contributed by atoms with E-state index >= 15 is 0 Å². The fraction of sp³-hybridized carbons (Fsp3) is 0.222. The summed E-state index contributed by atoms with van der Waals surface area (Å²) < 4.78 is 5.38. The van der Waals surface area contributed by atoms with Crippen LogP contribution in [-0.2, 0) is 9.59 Å². The Labute approximate surface area is 198 Å². The molecule has 7 nitrogen and oxygen atoms in total. The van der Waals surface area contributed by atoms with Gasteiger partial charge in [0.05, 0.1) is 18.7 Å². The molecule has 1 fully saturated rings. The van der Waals surface area contributed by atoms with E-state index in [0.717, 1.165) is 16.8 Å². The second-order valence-electron chi connectivity index (χ2n) is 8.50. The predicted octanol–water partition coefficient (Wildman–Crippen LogP) is 4.40. The molecule has 0 radical (unpaired) electrons. The molecular formula is C27H27N3O4. The van der Waals surface area contributed by atoms with Crippen molar-refractivity contribution in [2.75, 3.05) is 31.0 Å². The number of carbonyl (C=O) groups is 2. The maximum absolute atomic E-state index is 13.3. The van der Waals surface area contributed by atoms with Crippen LogP contribution in [0, 0.1) is 13.8 Å². The van der Waals surface area contributed by atoms with Gasteiger partial charge in [-0.25, -0.2) is 0 Å². The molecule has 3 aromatic rings. The Kier molecular flexibility index (Phi) is 6.11. The Hall–Kier alpha value is -4.13. The number of aliphatic hydroxyl groups is 1. The number of hydrogen-bond donors (Lipinski definition) is 1. The van der Waals surface area contributed by atoms with E-state index in [1.807, 2.05) is 45.0 Å². The lowest BCUT2D eigenvalue weighted by Gasteiger charge is -2.26. The number of rotatable bonds is 5. The zero-order valence-electron chi connectivity index (χ0n) is 19.9. The van der Waals surface area contributed by atoms with Crippen molar-refractivity contribution in [3.63, 3.8) is 0 Å². The molecule has 1 aliphatic heterocycles. The highest BCUT2D eigenvalue weighted by atomic mass is 16.5. The van der Waals surface area contributed by atoms with Gasteiger partial charge < -0.3 is 14.7 Å². The maximum atomic E-state index is 13.3. The van der Waals surface area contributed by atoms with Gasteiger partial charge in [-0.05, 0) is 73.0 Å². The maximum Gasteiger partial charge on any atom is 0.300 e. The minimum Gasteiger partial charge on any atom is -0.507 e. The van der Waals surface area contributed by atoms with E-state index in [1.165, 1.54) is 4.90 Å². The molecule has 0 saturated carbocycles. The molecule has 1 N–H and O–H groups in total. The van der Waals surface area contributed by atoms with E-state index in [2.05, 4.69) is 4.98 Å². The number of aliphatic hydroxyl groups excluding tert-OH is 1. The Bertz CT molecular complexity index is 1280. The number of nitrogens with zero attached hydrogens (tertiary/aromatic N) is 3. The number of ether oxygens (including phenoxy) is 1. The molecule has 1 aromatic heterocycles. The molecule has 1 aliphatic rings. The Morgan fingerprint density at radius 1 is 1.06 bits per heavy atom. The van der Waals surface area contributed by atoms with E-state index < -0.39 is 17.7 Å². The van der Waals surface area contributed by atoms with Gasteiger partial charge in [0.15, 0.2) is 0 Å². The summed E-state index contributed by atoms with van der Waals surface area (Å²) in [5.74, 6) is -0.978. The molecule has 1 atom stereocenters. The number of methoxy groups -OCH3 is 1. The average Bonchev–Trinajstić information content (AvgIpc) is 3.10. The van der Waals surface area contributed by atoms with Crippen LogP contribution in [0.5, 0.6) is 5.75 Å². The van der Waals surface area contributed by atoms with Crippen molar-refractivity contribution >= 4 is 28.8 Å². The van der Waals surface area contributed by atoms with Gasteiger partial charge in [-0.3, -0.25) is 19.5 Å².